The van der Waals surface area contributed by atoms with Crippen molar-refractivity contribution in [2.75, 3.05) is 50.1 Å². The van der Waals surface area contributed by atoms with E-state index in [1.165, 1.54) is 0 Å². The Morgan fingerprint density at radius 2 is 2.16 bits per heavy atom. The predicted molar refractivity (Wildman–Crippen MR) is 119 cm³/mol. The van der Waals surface area contributed by atoms with Crippen molar-refractivity contribution in [3.05, 3.63) is 29.2 Å². The summed E-state index contributed by atoms with van der Waals surface area (Å²) in [4.78, 5) is 11.0. The van der Waals surface area contributed by atoms with Crippen LogP contribution in [0.15, 0.2) is 18.3 Å². The molecule has 0 aliphatic carbocycles. The summed E-state index contributed by atoms with van der Waals surface area (Å²) in [5.74, 6) is 1.13. The molecule has 0 spiro atoms. The minimum Gasteiger partial charge on any atom is -0.486 e. The van der Waals surface area contributed by atoms with Gasteiger partial charge in [-0.25, -0.2) is 18.9 Å². The Morgan fingerprint density at radius 1 is 1.35 bits per heavy atom. The van der Waals surface area contributed by atoms with Crippen LogP contribution >= 0.6 is 11.6 Å². The zero-order valence-corrected chi connectivity index (χ0v) is 18.3. The molecule has 0 atom stereocenters. The van der Waals surface area contributed by atoms with Gasteiger partial charge in [0, 0.05) is 18.8 Å². The number of aryl methyl sites for hydroxylation is 1. The highest BCUT2D eigenvalue weighted by Crippen LogP contribution is 2.42. The van der Waals surface area contributed by atoms with Gasteiger partial charge in [0.15, 0.2) is 17.2 Å². The molecule has 2 aliphatic heterocycles. The molecular formula is C21H25ClFN7O. The molecular weight excluding hydrogens is 421 g/mol. The molecule has 0 bridgehead atoms. The average Bonchev–Trinajstić information content (AvgIpc) is 3.08. The zero-order chi connectivity index (χ0) is 21.6. The molecule has 5 heterocycles. The molecule has 3 aromatic heterocycles. The topological polar surface area (TPSA) is 79.6 Å². The molecule has 0 radical (unpaired) electrons. The number of ether oxygens (including phenoxy) is 1. The van der Waals surface area contributed by atoms with Crippen molar-refractivity contribution in [2.45, 2.75) is 25.4 Å². The third-order valence-electron chi connectivity index (χ3n) is 6.00. The van der Waals surface area contributed by atoms with Gasteiger partial charge in [-0.05, 0) is 45.0 Å². The van der Waals surface area contributed by atoms with Crippen LogP contribution in [0.4, 0.5) is 15.9 Å². The van der Waals surface area contributed by atoms with Gasteiger partial charge in [-0.2, -0.15) is 0 Å². The maximum atomic E-state index is 15.3. The quantitative estimate of drug-likeness (QED) is 0.597. The van der Waals surface area contributed by atoms with Crippen LogP contribution in [0.5, 0.6) is 5.75 Å². The highest BCUT2D eigenvalue weighted by Gasteiger charge is 2.33. The first-order valence-corrected chi connectivity index (χ1v) is 10.9. The van der Waals surface area contributed by atoms with Crippen molar-refractivity contribution in [1.82, 2.24) is 24.9 Å². The molecule has 164 valence electrons. The van der Waals surface area contributed by atoms with E-state index in [1.54, 1.807) is 16.8 Å². The minimum absolute atomic E-state index is 0.177. The number of hydrogen-bond acceptors (Lipinski definition) is 7. The standard InChI is InChI=1S/C21H25ClFN7O/c1-13-16(14-3-6-25-15(22)11-14)30-20(27-13)17-18(31-10-9-29(17)2)19(28-30)26-12-21(23)4-7-24-8-5-21/h3,6,11,24H,4-5,7-10,12H2,1-2H3,(H,26,28). The number of imidazole rings is 1. The molecule has 2 aliphatic rings. The van der Waals surface area contributed by atoms with Gasteiger partial charge in [0.2, 0.25) is 0 Å². The van der Waals surface area contributed by atoms with Crippen LogP contribution in [0.1, 0.15) is 18.5 Å². The fourth-order valence-corrected chi connectivity index (χ4v) is 4.47. The third-order valence-corrected chi connectivity index (χ3v) is 6.20. The van der Waals surface area contributed by atoms with Gasteiger partial charge in [-0.3, -0.25) is 0 Å². The van der Waals surface area contributed by atoms with E-state index in [0.717, 1.165) is 29.2 Å². The van der Waals surface area contributed by atoms with Gasteiger partial charge in [-0.15, -0.1) is 5.10 Å². The number of nitrogens with one attached hydrogen (secondary N) is 2. The lowest BCUT2D eigenvalue weighted by molar-refractivity contribution is 0.130. The van der Waals surface area contributed by atoms with Gasteiger partial charge < -0.3 is 20.3 Å². The number of likely N-dealkylation sites (N-methyl/N-ethyl adjacent to an activating group) is 1. The molecule has 0 amide bonds. The summed E-state index contributed by atoms with van der Waals surface area (Å²) in [6.45, 7) is 4.73. The van der Waals surface area contributed by atoms with E-state index in [4.69, 9.17) is 26.4 Å². The first-order chi connectivity index (χ1) is 15.0. The highest BCUT2D eigenvalue weighted by molar-refractivity contribution is 6.29. The normalized spacial score (nSPS) is 18.0. The van der Waals surface area contributed by atoms with E-state index < -0.39 is 5.67 Å². The van der Waals surface area contributed by atoms with Crippen LogP contribution in [0.25, 0.3) is 16.9 Å². The fraction of sp³-hybridized carbons (Fsp3) is 0.476. The van der Waals surface area contributed by atoms with Gasteiger partial charge in [0.25, 0.3) is 0 Å². The fourth-order valence-electron chi connectivity index (χ4n) is 4.30. The summed E-state index contributed by atoms with van der Waals surface area (Å²) in [5, 5.41) is 11.7. The molecule has 0 saturated carbocycles. The van der Waals surface area contributed by atoms with E-state index in [0.29, 0.717) is 54.9 Å². The van der Waals surface area contributed by atoms with E-state index in [9.17, 15) is 0 Å². The zero-order valence-electron chi connectivity index (χ0n) is 17.6. The van der Waals surface area contributed by atoms with Gasteiger partial charge in [0.05, 0.1) is 24.5 Å². The van der Waals surface area contributed by atoms with Gasteiger partial charge >= 0.3 is 0 Å². The number of fused-ring (bicyclic) bond motifs is 3. The number of rotatable bonds is 4. The second-order valence-electron chi connectivity index (χ2n) is 8.20. The summed E-state index contributed by atoms with van der Waals surface area (Å²) in [6.07, 6.45) is 2.60. The molecule has 5 rings (SSSR count). The predicted octanol–water partition coefficient (Wildman–Crippen LogP) is 3.09. The van der Waals surface area contributed by atoms with Crippen LogP contribution in [0.2, 0.25) is 5.15 Å². The van der Waals surface area contributed by atoms with Gasteiger partial charge in [0.1, 0.15) is 23.1 Å². The van der Waals surface area contributed by atoms with Crippen molar-refractivity contribution in [3.8, 4) is 17.0 Å². The van der Waals surface area contributed by atoms with Crippen LogP contribution in [-0.4, -0.2) is 65.1 Å². The molecule has 0 unspecified atom stereocenters. The van der Waals surface area contributed by atoms with Gasteiger partial charge in [-0.1, -0.05) is 11.6 Å². The number of alkyl halides is 1. The lowest BCUT2D eigenvalue weighted by Crippen LogP contribution is -2.43. The second-order valence-corrected chi connectivity index (χ2v) is 8.59. The van der Waals surface area contributed by atoms with Crippen molar-refractivity contribution >= 4 is 28.8 Å². The Hall–Kier alpha value is -2.65. The monoisotopic (exact) mass is 445 g/mol. The Morgan fingerprint density at radius 3 is 2.94 bits per heavy atom. The smallest absolute Gasteiger partial charge is 0.191 e. The summed E-state index contributed by atoms with van der Waals surface area (Å²) < 4.78 is 23.0. The molecule has 31 heavy (non-hydrogen) atoms. The van der Waals surface area contributed by atoms with Crippen LogP contribution in [-0.2, 0) is 0 Å². The molecule has 8 nitrogen and oxygen atoms in total. The first kappa shape index (κ1) is 20.3. The maximum Gasteiger partial charge on any atom is 0.191 e. The minimum atomic E-state index is -1.28. The van der Waals surface area contributed by atoms with Crippen molar-refractivity contribution in [2.24, 2.45) is 0 Å². The molecule has 3 aromatic rings. The number of anilines is 2. The number of hydrogen-bond donors (Lipinski definition) is 2. The summed E-state index contributed by atoms with van der Waals surface area (Å²) in [7, 11) is 2.00. The number of piperidine rings is 1. The molecule has 10 heteroatoms. The number of pyridine rings is 1. The molecule has 1 fully saturated rings. The number of nitrogens with zero attached hydrogens (tertiary/aromatic N) is 5. The first-order valence-electron chi connectivity index (χ1n) is 10.5. The number of halogens is 2. The highest BCUT2D eigenvalue weighted by atomic mass is 35.5. The summed E-state index contributed by atoms with van der Waals surface area (Å²) in [6, 6.07) is 3.67. The number of aromatic nitrogens is 4. The Balaban J connectivity index is 1.64. The molecule has 1 saturated heterocycles. The second kappa shape index (κ2) is 7.80. The van der Waals surface area contributed by atoms with Crippen LogP contribution in [0, 0.1) is 6.92 Å². The third kappa shape index (κ3) is 3.65. The molecule has 2 N–H and O–H groups in total. The van der Waals surface area contributed by atoms with E-state index in [-0.39, 0.29) is 6.54 Å². The van der Waals surface area contributed by atoms with Crippen molar-refractivity contribution in [3.63, 3.8) is 0 Å². The van der Waals surface area contributed by atoms with Crippen LogP contribution < -0.4 is 20.3 Å². The van der Waals surface area contributed by atoms with Crippen molar-refractivity contribution < 1.29 is 9.13 Å². The average molecular weight is 446 g/mol. The lowest BCUT2D eigenvalue weighted by atomic mass is 9.94. The van der Waals surface area contributed by atoms with E-state index in [1.807, 2.05) is 20.0 Å². The largest absolute Gasteiger partial charge is 0.486 e. The maximum absolute atomic E-state index is 15.3. The summed E-state index contributed by atoms with van der Waals surface area (Å²) in [5.41, 5.74) is 2.76. The molecule has 0 aromatic carbocycles. The SMILES string of the molecule is Cc1nc2c3c(c(NCC4(F)CCNCC4)nn2c1-c1ccnc(Cl)c1)OCCN3C. The van der Waals surface area contributed by atoms with E-state index >= 15 is 4.39 Å². The van der Waals surface area contributed by atoms with Crippen LogP contribution in [0.3, 0.4) is 0 Å². The Kier molecular flexibility index (Phi) is 5.10. The summed E-state index contributed by atoms with van der Waals surface area (Å²) >= 11 is 6.14. The lowest BCUT2D eigenvalue weighted by Gasteiger charge is -2.32. The Labute approximate surface area is 184 Å². The van der Waals surface area contributed by atoms with Crippen molar-refractivity contribution in [1.29, 1.82) is 0 Å². The van der Waals surface area contributed by atoms with E-state index in [2.05, 4.69) is 20.5 Å². The Bertz CT molecular complexity index is 1130.